The number of nitriles is 1. The summed E-state index contributed by atoms with van der Waals surface area (Å²) >= 11 is 6.24. The minimum atomic E-state index is 0.587. The lowest BCUT2D eigenvalue weighted by Crippen LogP contribution is -1.86. The van der Waals surface area contributed by atoms with Crippen LogP contribution in [0.25, 0.3) is 11.1 Å². The van der Waals surface area contributed by atoms with Crippen molar-refractivity contribution < 1.29 is 4.79 Å². The molecule has 18 heavy (non-hydrogen) atoms. The molecule has 0 aliphatic carbocycles. The van der Waals surface area contributed by atoms with Crippen molar-refractivity contribution in [3.8, 4) is 17.2 Å². The fourth-order valence-electron chi connectivity index (χ4n) is 1.66. The van der Waals surface area contributed by atoms with Gasteiger partial charge in [0.1, 0.15) is 10.9 Å². The number of benzene rings is 1. The van der Waals surface area contributed by atoms with Crippen LogP contribution in [0.2, 0.25) is 0 Å². The Bertz CT molecular complexity index is 626. The zero-order chi connectivity index (χ0) is 13.1. The van der Waals surface area contributed by atoms with Crippen molar-refractivity contribution in [2.24, 2.45) is 0 Å². The van der Waals surface area contributed by atoms with Crippen LogP contribution in [0.15, 0.2) is 32.9 Å². The Hall–Kier alpha value is -1.09. The molecule has 0 radical (unpaired) electrons. The maximum Gasteiger partial charge on any atom is 0.152 e. The quantitative estimate of drug-likeness (QED) is 0.607. The Labute approximate surface area is 122 Å². The molecular weight excluding hydrogens is 330 g/mol. The van der Waals surface area contributed by atoms with E-state index in [9.17, 15) is 10.1 Å². The van der Waals surface area contributed by atoms with E-state index in [0.717, 1.165) is 26.1 Å². The lowest BCUT2D eigenvalue weighted by molar-refractivity contribution is 0.112. The molecule has 0 saturated carbocycles. The van der Waals surface area contributed by atoms with Gasteiger partial charge < -0.3 is 0 Å². The van der Waals surface area contributed by atoms with Gasteiger partial charge in [-0.25, -0.2) is 0 Å². The molecule has 90 valence electrons. The zero-order valence-corrected chi connectivity index (χ0v) is 12.7. The molecule has 0 fully saturated rings. The largest absolute Gasteiger partial charge is 0.298 e. The third kappa shape index (κ3) is 2.37. The number of thioether (sulfide) groups is 1. The highest BCUT2D eigenvalue weighted by Crippen LogP contribution is 2.40. The van der Waals surface area contributed by atoms with Gasteiger partial charge in [0.15, 0.2) is 6.29 Å². The van der Waals surface area contributed by atoms with Crippen molar-refractivity contribution in [3.05, 3.63) is 39.2 Å². The molecule has 0 unspecified atom stereocenters. The van der Waals surface area contributed by atoms with Gasteiger partial charge in [-0.3, -0.25) is 4.79 Å². The second kappa shape index (κ2) is 5.70. The number of rotatable bonds is 3. The molecule has 5 heteroatoms. The third-order valence-corrected chi connectivity index (χ3v) is 5.22. The van der Waals surface area contributed by atoms with Gasteiger partial charge in [0, 0.05) is 15.6 Å². The lowest BCUT2D eigenvalue weighted by atomic mass is 10.0. The summed E-state index contributed by atoms with van der Waals surface area (Å²) in [5.74, 6) is 0. The van der Waals surface area contributed by atoms with Gasteiger partial charge in [0.25, 0.3) is 0 Å². The van der Waals surface area contributed by atoms with E-state index in [0.29, 0.717) is 10.4 Å². The molecule has 0 bridgehead atoms. The molecule has 1 aromatic heterocycles. The highest BCUT2D eigenvalue weighted by Gasteiger charge is 2.18. The minimum Gasteiger partial charge on any atom is -0.298 e. The van der Waals surface area contributed by atoms with E-state index in [1.807, 2.05) is 30.5 Å². The molecule has 0 aliphatic heterocycles. The van der Waals surface area contributed by atoms with Gasteiger partial charge in [-0.1, -0.05) is 28.1 Å². The van der Waals surface area contributed by atoms with E-state index in [1.165, 1.54) is 23.1 Å². The van der Waals surface area contributed by atoms with Crippen LogP contribution < -0.4 is 0 Å². The Morgan fingerprint density at radius 3 is 2.56 bits per heavy atom. The summed E-state index contributed by atoms with van der Waals surface area (Å²) < 4.78 is 1.86. The van der Waals surface area contributed by atoms with E-state index >= 15 is 0 Å². The van der Waals surface area contributed by atoms with Crippen molar-refractivity contribution in [2.45, 2.75) is 4.21 Å². The van der Waals surface area contributed by atoms with E-state index in [2.05, 4.69) is 22.0 Å². The van der Waals surface area contributed by atoms with Crippen LogP contribution in [0.1, 0.15) is 15.2 Å². The number of carbonyl (C=O) groups excluding carboxylic acids is 1. The molecule has 0 spiro atoms. The standard InChI is InChI=1S/C13H8BrNOS2/c1-17-13-10(7-16)12(11(6-15)18-13)8-2-4-9(14)5-3-8/h2-5,7H,1H3. The zero-order valence-electron chi connectivity index (χ0n) is 9.44. The van der Waals surface area contributed by atoms with Gasteiger partial charge in [0.2, 0.25) is 0 Å². The summed E-state index contributed by atoms with van der Waals surface area (Å²) in [6, 6.07) is 9.79. The van der Waals surface area contributed by atoms with Crippen LogP contribution in [-0.2, 0) is 0 Å². The smallest absolute Gasteiger partial charge is 0.152 e. The van der Waals surface area contributed by atoms with Crippen LogP contribution in [0, 0.1) is 11.3 Å². The number of thiophene rings is 1. The predicted octanol–water partition coefficient (Wildman–Crippen LogP) is 4.58. The first-order chi connectivity index (χ1) is 8.71. The second-order valence-electron chi connectivity index (χ2n) is 3.45. The number of nitrogens with zero attached hydrogens (tertiary/aromatic N) is 1. The molecule has 0 aliphatic rings. The summed E-state index contributed by atoms with van der Waals surface area (Å²) in [5, 5.41) is 9.19. The first-order valence-electron chi connectivity index (χ1n) is 5.03. The number of hydrogen-bond donors (Lipinski definition) is 0. The van der Waals surface area contributed by atoms with Gasteiger partial charge >= 0.3 is 0 Å². The maximum absolute atomic E-state index is 11.3. The maximum atomic E-state index is 11.3. The first kappa shape index (κ1) is 13.3. The molecular formula is C13H8BrNOS2. The highest BCUT2D eigenvalue weighted by atomic mass is 79.9. The molecule has 2 nitrogen and oxygen atoms in total. The highest BCUT2D eigenvalue weighted by molar-refractivity contribution is 9.10. The number of carbonyl (C=O) groups is 1. The minimum absolute atomic E-state index is 0.587. The van der Waals surface area contributed by atoms with Gasteiger partial charge in [-0.05, 0) is 24.0 Å². The summed E-state index contributed by atoms with van der Waals surface area (Å²) in [4.78, 5) is 11.8. The molecule has 2 rings (SSSR count). The molecule has 1 aromatic carbocycles. The number of aldehydes is 1. The Kier molecular flexibility index (Phi) is 4.23. The Morgan fingerprint density at radius 1 is 1.39 bits per heavy atom. The molecule has 1 heterocycles. The van der Waals surface area contributed by atoms with Crippen molar-refractivity contribution in [3.63, 3.8) is 0 Å². The monoisotopic (exact) mass is 337 g/mol. The topological polar surface area (TPSA) is 40.9 Å². The summed E-state index contributed by atoms with van der Waals surface area (Å²) in [7, 11) is 0. The first-order valence-corrected chi connectivity index (χ1v) is 7.86. The lowest BCUT2D eigenvalue weighted by Gasteiger charge is -2.01. The van der Waals surface area contributed by atoms with Crippen molar-refractivity contribution in [2.75, 3.05) is 6.26 Å². The predicted molar refractivity (Wildman–Crippen MR) is 79.3 cm³/mol. The molecule has 2 aromatic rings. The fraction of sp³-hybridized carbons (Fsp3) is 0.0769. The molecule has 0 atom stereocenters. The Morgan fingerprint density at radius 2 is 2.06 bits per heavy atom. The van der Waals surface area contributed by atoms with E-state index < -0.39 is 0 Å². The average molecular weight is 338 g/mol. The molecule has 0 N–H and O–H groups in total. The molecule has 0 saturated heterocycles. The van der Waals surface area contributed by atoms with Crippen LogP contribution in [0.4, 0.5) is 0 Å². The van der Waals surface area contributed by atoms with Crippen LogP contribution in [0.5, 0.6) is 0 Å². The van der Waals surface area contributed by atoms with Crippen molar-refractivity contribution in [1.29, 1.82) is 5.26 Å². The Balaban J connectivity index is 2.69. The van der Waals surface area contributed by atoms with E-state index in [-0.39, 0.29) is 0 Å². The third-order valence-electron chi connectivity index (χ3n) is 2.45. The number of hydrogen-bond acceptors (Lipinski definition) is 4. The average Bonchev–Trinajstić information content (AvgIpc) is 2.77. The number of halogens is 1. The van der Waals surface area contributed by atoms with Gasteiger partial charge in [-0.15, -0.1) is 23.1 Å². The van der Waals surface area contributed by atoms with Gasteiger partial charge in [0.05, 0.1) is 4.21 Å². The van der Waals surface area contributed by atoms with Crippen LogP contribution in [0.3, 0.4) is 0 Å². The van der Waals surface area contributed by atoms with E-state index in [1.54, 1.807) is 0 Å². The summed E-state index contributed by atoms with van der Waals surface area (Å²) in [6.45, 7) is 0. The normalized spacial score (nSPS) is 10.1. The summed E-state index contributed by atoms with van der Waals surface area (Å²) in [6.07, 6.45) is 2.74. The SMILES string of the molecule is CSc1sc(C#N)c(-c2ccc(Br)cc2)c1C=O. The van der Waals surface area contributed by atoms with Crippen LogP contribution >= 0.6 is 39.0 Å². The molecule has 0 amide bonds. The summed E-state index contributed by atoms with van der Waals surface area (Å²) in [5.41, 5.74) is 2.26. The van der Waals surface area contributed by atoms with E-state index in [4.69, 9.17) is 0 Å². The van der Waals surface area contributed by atoms with Gasteiger partial charge in [-0.2, -0.15) is 5.26 Å². The second-order valence-corrected chi connectivity index (χ2v) is 6.46. The van der Waals surface area contributed by atoms with Crippen molar-refractivity contribution >= 4 is 45.3 Å². The van der Waals surface area contributed by atoms with Crippen molar-refractivity contribution in [1.82, 2.24) is 0 Å². The van der Waals surface area contributed by atoms with Crippen LogP contribution in [-0.4, -0.2) is 12.5 Å². The fourth-order valence-corrected chi connectivity index (χ4v) is 3.70.